The number of benzene rings is 1. The number of amides is 2. The van der Waals surface area contributed by atoms with Crippen LogP contribution >= 0.6 is 11.8 Å². The van der Waals surface area contributed by atoms with Gasteiger partial charge in [0.1, 0.15) is 6.04 Å². The SMILES string of the molecule is CC(NC(=O)CSc1ccc(F)c(F)c1)C(N)=O. The van der Waals surface area contributed by atoms with Gasteiger partial charge in [0.15, 0.2) is 11.6 Å². The first kappa shape index (κ1) is 14.4. The molecular formula is C11H12F2N2O2S. The zero-order valence-corrected chi connectivity index (χ0v) is 10.4. The number of nitrogens with one attached hydrogen (secondary N) is 1. The molecule has 1 aromatic rings. The van der Waals surface area contributed by atoms with Gasteiger partial charge < -0.3 is 11.1 Å². The van der Waals surface area contributed by atoms with Gasteiger partial charge in [-0.3, -0.25) is 9.59 Å². The van der Waals surface area contributed by atoms with Crippen molar-refractivity contribution >= 4 is 23.6 Å². The number of hydrogen-bond acceptors (Lipinski definition) is 3. The number of halogens is 2. The molecule has 98 valence electrons. The van der Waals surface area contributed by atoms with Crippen molar-refractivity contribution in [1.29, 1.82) is 0 Å². The van der Waals surface area contributed by atoms with E-state index in [2.05, 4.69) is 5.32 Å². The molecule has 3 N–H and O–H groups in total. The van der Waals surface area contributed by atoms with Crippen molar-refractivity contribution in [3.8, 4) is 0 Å². The standard InChI is InChI=1S/C11H12F2N2O2S/c1-6(11(14)17)15-10(16)5-18-7-2-3-8(12)9(13)4-7/h2-4,6H,5H2,1H3,(H2,14,17)(H,15,16). The molecule has 0 fully saturated rings. The molecular weight excluding hydrogens is 262 g/mol. The zero-order valence-electron chi connectivity index (χ0n) is 9.57. The van der Waals surface area contributed by atoms with Crippen molar-refractivity contribution in [2.75, 3.05) is 5.75 Å². The molecule has 1 rings (SSSR count). The van der Waals surface area contributed by atoms with E-state index in [1.54, 1.807) is 0 Å². The third kappa shape index (κ3) is 4.33. The molecule has 1 unspecified atom stereocenters. The van der Waals surface area contributed by atoms with Gasteiger partial charge in [0, 0.05) is 4.90 Å². The molecule has 0 bridgehead atoms. The lowest BCUT2D eigenvalue weighted by Gasteiger charge is -2.09. The second kappa shape index (κ2) is 6.34. The third-order valence-electron chi connectivity index (χ3n) is 2.07. The van der Waals surface area contributed by atoms with Crippen LogP contribution in [0.25, 0.3) is 0 Å². The number of nitrogens with two attached hydrogens (primary N) is 1. The summed E-state index contributed by atoms with van der Waals surface area (Å²) >= 11 is 1.03. The second-order valence-corrected chi connectivity index (χ2v) is 4.60. The van der Waals surface area contributed by atoms with Crippen LogP contribution in [0, 0.1) is 11.6 Å². The van der Waals surface area contributed by atoms with Crippen LogP contribution in [-0.2, 0) is 9.59 Å². The quantitative estimate of drug-likeness (QED) is 0.788. The molecule has 7 heteroatoms. The van der Waals surface area contributed by atoms with E-state index in [9.17, 15) is 18.4 Å². The van der Waals surface area contributed by atoms with Crippen molar-refractivity contribution in [2.45, 2.75) is 17.9 Å². The van der Waals surface area contributed by atoms with E-state index in [4.69, 9.17) is 5.73 Å². The molecule has 0 heterocycles. The van der Waals surface area contributed by atoms with Gasteiger partial charge in [0.05, 0.1) is 5.75 Å². The molecule has 0 saturated carbocycles. The van der Waals surface area contributed by atoms with E-state index in [0.29, 0.717) is 4.90 Å². The monoisotopic (exact) mass is 274 g/mol. The molecule has 18 heavy (non-hydrogen) atoms. The van der Waals surface area contributed by atoms with E-state index in [1.165, 1.54) is 13.0 Å². The minimum Gasteiger partial charge on any atom is -0.368 e. The molecule has 0 aliphatic carbocycles. The Morgan fingerprint density at radius 3 is 2.61 bits per heavy atom. The maximum Gasteiger partial charge on any atom is 0.239 e. The number of carbonyl (C=O) groups is 2. The molecule has 1 atom stereocenters. The van der Waals surface area contributed by atoms with E-state index in [0.717, 1.165) is 23.9 Å². The lowest BCUT2D eigenvalue weighted by atomic mass is 10.3. The van der Waals surface area contributed by atoms with Gasteiger partial charge in [-0.05, 0) is 25.1 Å². The lowest BCUT2D eigenvalue weighted by Crippen LogP contribution is -2.42. The highest BCUT2D eigenvalue weighted by atomic mass is 32.2. The summed E-state index contributed by atoms with van der Waals surface area (Å²) in [5.74, 6) is -2.96. The Kier molecular flexibility index (Phi) is 5.08. The fraction of sp³-hybridized carbons (Fsp3) is 0.273. The molecule has 0 saturated heterocycles. The van der Waals surface area contributed by atoms with Gasteiger partial charge in [0.2, 0.25) is 11.8 Å². The van der Waals surface area contributed by atoms with Crippen LogP contribution in [0.2, 0.25) is 0 Å². The summed E-state index contributed by atoms with van der Waals surface area (Å²) in [6.45, 7) is 1.46. The first-order valence-electron chi connectivity index (χ1n) is 5.06. The summed E-state index contributed by atoms with van der Waals surface area (Å²) in [6, 6.07) is 2.60. The van der Waals surface area contributed by atoms with Gasteiger partial charge in [-0.15, -0.1) is 11.8 Å². The largest absolute Gasteiger partial charge is 0.368 e. The van der Waals surface area contributed by atoms with Crippen molar-refractivity contribution < 1.29 is 18.4 Å². The number of carbonyl (C=O) groups excluding carboxylic acids is 2. The molecule has 1 aromatic carbocycles. The first-order valence-corrected chi connectivity index (χ1v) is 6.05. The normalized spacial score (nSPS) is 11.9. The van der Waals surface area contributed by atoms with Crippen molar-refractivity contribution in [3.05, 3.63) is 29.8 Å². The maximum atomic E-state index is 12.9. The Labute approximate surface area is 107 Å². The molecule has 0 aromatic heterocycles. The minimum atomic E-state index is -0.967. The second-order valence-electron chi connectivity index (χ2n) is 3.56. The van der Waals surface area contributed by atoms with Crippen molar-refractivity contribution in [3.63, 3.8) is 0 Å². The summed E-state index contributed by atoms with van der Waals surface area (Å²) in [6.07, 6.45) is 0. The Morgan fingerprint density at radius 2 is 2.06 bits per heavy atom. The van der Waals surface area contributed by atoms with Crippen molar-refractivity contribution in [2.24, 2.45) is 5.73 Å². The highest BCUT2D eigenvalue weighted by Crippen LogP contribution is 2.19. The average Bonchev–Trinajstić information content (AvgIpc) is 2.30. The van der Waals surface area contributed by atoms with Gasteiger partial charge in [0.25, 0.3) is 0 Å². The van der Waals surface area contributed by atoms with Gasteiger partial charge in [-0.25, -0.2) is 8.78 Å². The first-order chi connectivity index (χ1) is 8.40. The Bertz CT molecular complexity index is 468. The summed E-state index contributed by atoms with van der Waals surface area (Å²) in [5.41, 5.74) is 4.98. The Morgan fingerprint density at radius 1 is 1.39 bits per heavy atom. The molecule has 0 spiro atoms. The van der Waals surface area contributed by atoms with Gasteiger partial charge >= 0.3 is 0 Å². The highest BCUT2D eigenvalue weighted by molar-refractivity contribution is 8.00. The van der Waals surface area contributed by atoms with Crippen LogP contribution in [0.1, 0.15) is 6.92 Å². The lowest BCUT2D eigenvalue weighted by molar-refractivity contribution is -0.125. The van der Waals surface area contributed by atoms with Gasteiger partial charge in [-0.2, -0.15) is 0 Å². The third-order valence-corrected chi connectivity index (χ3v) is 3.06. The van der Waals surface area contributed by atoms with Gasteiger partial charge in [-0.1, -0.05) is 0 Å². The fourth-order valence-corrected chi connectivity index (χ4v) is 1.80. The van der Waals surface area contributed by atoms with Crippen LogP contribution in [0.5, 0.6) is 0 Å². The minimum absolute atomic E-state index is 0.0112. The Hall–Kier alpha value is -1.63. The summed E-state index contributed by atoms with van der Waals surface area (Å²) in [5, 5.41) is 2.37. The van der Waals surface area contributed by atoms with Crippen LogP contribution in [0.4, 0.5) is 8.78 Å². The Balaban J connectivity index is 2.47. The zero-order chi connectivity index (χ0) is 13.7. The smallest absolute Gasteiger partial charge is 0.239 e. The fourth-order valence-electron chi connectivity index (χ4n) is 1.07. The molecule has 4 nitrogen and oxygen atoms in total. The molecule has 0 aliphatic heterocycles. The number of hydrogen-bond donors (Lipinski definition) is 2. The van der Waals surface area contributed by atoms with Crippen LogP contribution in [-0.4, -0.2) is 23.6 Å². The molecule has 0 radical (unpaired) electrons. The number of rotatable bonds is 5. The molecule has 2 amide bonds. The predicted octanol–water partition coefficient (Wildman–Crippen LogP) is 1.05. The summed E-state index contributed by atoms with van der Waals surface area (Å²) in [7, 11) is 0. The van der Waals surface area contributed by atoms with E-state index in [-0.39, 0.29) is 5.75 Å². The van der Waals surface area contributed by atoms with Crippen molar-refractivity contribution in [1.82, 2.24) is 5.32 Å². The van der Waals surface area contributed by atoms with E-state index < -0.39 is 29.5 Å². The average molecular weight is 274 g/mol. The molecule has 0 aliphatic rings. The maximum absolute atomic E-state index is 12.9. The predicted molar refractivity (Wildman–Crippen MR) is 63.9 cm³/mol. The van der Waals surface area contributed by atoms with E-state index >= 15 is 0 Å². The van der Waals surface area contributed by atoms with Crippen LogP contribution in [0.15, 0.2) is 23.1 Å². The number of primary amides is 1. The topological polar surface area (TPSA) is 72.2 Å². The van der Waals surface area contributed by atoms with Crippen LogP contribution in [0.3, 0.4) is 0 Å². The number of thioether (sulfide) groups is 1. The highest BCUT2D eigenvalue weighted by Gasteiger charge is 2.12. The summed E-state index contributed by atoms with van der Waals surface area (Å²) in [4.78, 5) is 22.5. The van der Waals surface area contributed by atoms with E-state index in [1.807, 2.05) is 0 Å². The summed E-state index contributed by atoms with van der Waals surface area (Å²) < 4.78 is 25.5. The van der Waals surface area contributed by atoms with Crippen LogP contribution < -0.4 is 11.1 Å².